The van der Waals surface area contributed by atoms with E-state index in [4.69, 9.17) is 0 Å². The zero-order valence-corrected chi connectivity index (χ0v) is 24.5. The fourth-order valence-corrected chi connectivity index (χ4v) is 5.36. The molecule has 2 aliphatic rings. The van der Waals surface area contributed by atoms with Crippen molar-refractivity contribution < 1.29 is 20.1 Å². The van der Waals surface area contributed by atoms with E-state index < -0.39 is 0 Å². The van der Waals surface area contributed by atoms with Crippen molar-refractivity contribution in [1.82, 2.24) is 4.98 Å². The van der Waals surface area contributed by atoms with Crippen molar-refractivity contribution in [3.05, 3.63) is 127 Å². The topological polar surface area (TPSA) is 19.4 Å². The van der Waals surface area contributed by atoms with Gasteiger partial charge in [-0.05, 0) is 48.7 Å². The van der Waals surface area contributed by atoms with E-state index in [1.807, 2.05) is 42.5 Å². The van der Waals surface area contributed by atoms with Crippen molar-refractivity contribution in [3.63, 3.8) is 0 Å². The van der Waals surface area contributed by atoms with E-state index in [0.717, 1.165) is 11.3 Å². The van der Waals surface area contributed by atoms with E-state index in [1.54, 1.807) is 6.20 Å². The zero-order chi connectivity index (χ0) is 25.6. The van der Waals surface area contributed by atoms with E-state index in [2.05, 4.69) is 110 Å². The number of nitrogens with zero attached hydrogens (tertiary/aromatic N) is 3. The third kappa shape index (κ3) is 4.42. The SMILES string of the molecule is CC(C)N1[CH-]N2c3[c-]c4ccccc4cc3C(C)(C)c3cccc1c32.[Ir+3].[c-]1ccccc1-c1ccccn1. The van der Waals surface area contributed by atoms with Crippen LogP contribution in [0.3, 0.4) is 0 Å². The Hall–Kier alpha value is -3.46. The van der Waals surface area contributed by atoms with Crippen LogP contribution < -0.4 is 9.80 Å². The van der Waals surface area contributed by atoms with Gasteiger partial charge in [-0.3, -0.25) is 0 Å². The molecule has 0 radical (unpaired) electrons. The summed E-state index contributed by atoms with van der Waals surface area (Å²) in [6.45, 7) is 11.4. The van der Waals surface area contributed by atoms with Gasteiger partial charge in [0.2, 0.25) is 0 Å². The Morgan fingerprint density at radius 1 is 0.868 bits per heavy atom. The molecule has 0 saturated heterocycles. The Bertz CT molecular complexity index is 1520. The first-order valence-electron chi connectivity index (χ1n) is 12.8. The van der Waals surface area contributed by atoms with Crippen LogP contribution in [-0.2, 0) is 25.5 Å². The van der Waals surface area contributed by atoms with Crippen LogP contribution in [0.2, 0.25) is 0 Å². The Balaban J connectivity index is 0.000000191. The van der Waals surface area contributed by atoms with Gasteiger partial charge >= 0.3 is 20.1 Å². The molecular weight excluding hydrogens is 643 g/mol. The molecule has 1 aromatic heterocycles. The molecule has 0 bridgehead atoms. The number of aromatic nitrogens is 1. The van der Waals surface area contributed by atoms with Gasteiger partial charge in [-0.1, -0.05) is 61.5 Å². The third-order valence-electron chi connectivity index (χ3n) is 7.34. The first kappa shape index (κ1) is 26.2. The molecule has 4 aromatic carbocycles. The van der Waals surface area contributed by atoms with Gasteiger partial charge in [0.25, 0.3) is 0 Å². The number of pyridine rings is 1. The molecule has 5 aromatic rings. The summed E-state index contributed by atoms with van der Waals surface area (Å²) in [5.41, 5.74) is 8.51. The summed E-state index contributed by atoms with van der Waals surface area (Å²) >= 11 is 0. The van der Waals surface area contributed by atoms with Crippen LogP contribution in [0.5, 0.6) is 0 Å². The van der Waals surface area contributed by atoms with Crippen molar-refractivity contribution in [3.8, 4) is 11.3 Å². The summed E-state index contributed by atoms with van der Waals surface area (Å²) in [6, 6.07) is 38.5. The van der Waals surface area contributed by atoms with E-state index in [0.29, 0.717) is 6.04 Å². The molecule has 0 aliphatic carbocycles. The van der Waals surface area contributed by atoms with Crippen molar-refractivity contribution in [2.24, 2.45) is 0 Å². The Morgan fingerprint density at radius 2 is 1.66 bits per heavy atom. The van der Waals surface area contributed by atoms with Crippen molar-refractivity contribution >= 4 is 27.8 Å². The monoisotopic (exact) mass is 673 g/mol. The van der Waals surface area contributed by atoms with Gasteiger partial charge in [-0.15, -0.1) is 70.9 Å². The minimum Gasteiger partial charge on any atom is -0.499 e. The number of fused-ring (bicyclic) bond motifs is 3. The summed E-state index contributed by atoms with van der Waals surface area (Å²) in [7, 11) is 0. The number of hydrogen-bond acceptors (Lipinski definition) is 3. The second kappa shape index (κ2) is 10.4. The van der Waals surface area contributed by atoms with Gasteiger partial charge in [0.05, 0.1) is 0 Å². The van der Waals surface area contributed by atoms with Gasteiger partial charge in [0, 0.05) is 17.6 Å². The predicted molar refractivity (Wildman–Crippen MR) is 154 cm³/mol. The Kier molecular flexibility index (Phi) is 7.13. The van der Waals surface area contributed by atoms with Crippen LogP contribution in [0.25, 0.3) is 22.0 Å². The number of hydrogen-bond donors (Lipinski definition) is 0. The van der Waals surface area contributed by atoms with Gasteiger partial charge < -0.3 is 14.8 Å². The molecule has 3 heterocycles. The van der Waals surface area contributed by atoms with Gasteiger partial charge in [0.1, 0.15) is 0 Å². The molecule has 7 rings (SSSR count). The maximum absolute atomic E-state index is 4.22. The smallest absolute Gasteiger partial charge is 0.499 e. The first-order chi connectivity index (χ1) is 17.9. The van der Waals surface area contributed by atoms with E-state index in [9.17, 15) is 0 Å². The fourth-order valence-electron chi connectivity index (χ4n) is 5.36. The maximum atomic E-state index is 4.22. The number of anilines is 3. The number of benzene rings is 4. The van der Waals surface area contributed by atoms with Gasteiger partial charge in [-0.25, -0.2) is 0 Å². The quantitative estimate of drug-likeness (QED) is 0.176. The molecule has 4 heteroatoms. The van der Waals surface area contributed by atoms with Gasteiger partial charge in [0.15, 0.2) is 0 Å². The minimum atomic E-state index is -0.0431. The van der Waals surface area contributed by atoms with Crippen LogP contribution in [0, 0.1) is 18.8 Å². The second-order valence-corrected chi connectivity index (χ2v) is 10.4. The molecule has 0 spiro atoms. The van der Waals surface area contributed by atoms with Crippen molar-refractivity contribution in [2.75, 3.05) is 9.80 Å². The van der Waals surface area contributed by atoms with Crippen LogP contribution >= 0.6 is 0 Å². The average Bonchev–Trinajstić information content (AvgIpc) is 3.33. The molecule has 2 aliphatic heterocycles. The normalized spacial score (nSPS) is 14.3. The molecular formula is C34H30IrN3. The molecule has 0 saturated carbocycles. The van der Waals surface area contributed by atoms with Gasteiger partial charge in [-0.2, -0.15) is 6.67 Å². The molecule has 0 fully saturated rings. The fraction of sp³-hybridized carbons (Fsp3) is 0.176. The Morgan fingerprint density at radius 3 is 2.39 bits per heavy atom. The first-order valence-corrected chi connectivity index (χ1v) is 12.8. The van der Waals surface area contributed by atoms with Crippen LogP contribution in [0.1, 0.15) is 38.8 Å². The molecule has 0 N–H and O–H groups in total. The minimum absolute atomic E-state index is 0. The van der Waals surface area contributed by atoms with Crippen molar-refractivity contribution in [1.29, 1.82) is 0 Å². The molecule has 190 valence electrons. The second-order valence-electron chi connectivity index (χ2n) is 10.4. The van der Waals surface area contributed by atoms with E-state index >= 15 is 0 Å². The predicted octanol–water partition coefficient (Wildman–Crippen LogP) is 8.31. The molecule has 0 amide bonds. The zero-order valence-electron chi connectivity index (χ0n) is 22.1. The van der Waals surface area contributed by atoms with Crippen LogP contribution in [0.4, 0.5) is 17.1 Å². The molecule has 0 atom stereocenters. The largest absolute Gasteiger partial charge is 3.00 e. The molecule has 38 heavy (non-hydrogen) atoms. The van der Waals surface area contributed by atoms with E-state index in [-0.39, 0.29) is 25.5 Å². The summed E-state index contributed by atoms with van der Waals surface area (Å²) in [4.78, 5) is 8.93. The summed E-state index contributed by atoms with van der Waals surface area (Å²) < 4.78 is 0. The molecule has 3 nitrogen and oxygen atoms in total. The maximum Gasteiger partial charge on any atom is 3.00 e. The summed E-state index contributed by atoms with van der Waals surface area (Å²) in [6.07, 6.45) is 1.79. The summed E-state index contributed by atoms with van der Waals surface area (Å²) in [5.74, 6) is 0. The van der Waals surface area contributed by atoms with Crippen molar-refractivity contribution in [2.45, 2.75) is 39.2 Å². The third-order valence-corrected chi connectivity index (χ3v) is 7.34. The summed E-state index contributed by atoms with van der Waals surface area (Å²) in [5, 5.41) is 2.43. The average molecular weight is 673 g/mol. The standard InChI is InChI=1S/C23H22N2.C11H8N.Ir/c1-15(2)24-14-25-21-13-17-9-6-5-8-16(17)12-19(21)23(3,4)18-10-7-11-20(24)22(18)25;1-2-6-10(7-3-1)11-8-4-5-9-12-11;/h5-12,14-15H,1-4H3;1-6,8-9H;/q-2;-1;+3. The van der Waals surface area contributed by atoms with E-state index in [1.165, 1.54) is 39.0 Å². The molecule has 0 unspecified atom stereocenters. The number of para-hydroxylation sites is 1. The van der Waals surface area contributed by atoms with Crippen LogP contribution in [-0.4, -0.2) is 11.0 Å². The Labute approximate surface area is 239 Å². The number of rotatable bonds is 2. The van der Waals surface area contributed by atoms with Crippen LogP contribution in [0.15, 0.2) is 97.2 Å².